The van der Waals surface area contributed by atoms with Gasteiger partial charge < -0.3 is 18.6 Å². The van der Waals surface area contributed by atoms with Gasteiger partial charge in [-0.15, -0.1) is 0 Å². The van der Waals surface area contributed by atoms with Crippen LogP contribution in [0.1, 0.15) is 27.7 Å². The molecule has 0 aromatic rings. The molecule has 0 aliphatic carbocycles. The predicted octanol–water partition coefficient (Wildman–Crippen LogP) is 3.26. The molecule has 2 heterocycles. The van der Waals surface area contributed by atoms with Crippen LogP contribution in [0.25, 0.3) is 10.4 Å². The molecular weight excluding hydrogens is 314 g/mol. The molecule has 0 saturated carbocycles. The fourth-order valence-electron chi connectivity index (χ4n) is 3.12. The first-order chi connectivity index (χ1) is 10.6. The minimum atomic E-state index is -2.00. The highest BCUT2D eigenvalue weighted by Gasteiger charge is 2.65. The Labute approximate surface area is 139 Å². The summed E-state index contributed by atoms with van der Waals surface area (Å²) in [4.78, 5) is 2.85. The summed E-state index contributed by atoms with van der Waals surface area (Å²) in [7, 11) is -0.392. The predicted molar refractivity (Wildman–Crippen MR) is 89.9 cm³/mol. The van der Waals surface area contributed by atoms with E-state index in [-0.39, 0.29) is 36.0 Å². The van der Waals surface area contributed by atoms with Gasteiger partial charge in [-0.3, -0.25) is 0 Å². The van der Waals surface area contributed by atoms with Crippen molar-refractivity contribution in [1.82, 2.24) is 0 Å². The summed E-state index contributed by atoms with van der Waals surface area (Å²) in [6, 6.07) is 0. The van der Waals surface area contributed by atoms with E-state index >= 15 is 0 Å². The number of methoxy groups -OCH3 is 1. The molecule has 2 aliphatic heterocycles. The molecule has 2 rings (SSSR count). The van der Waals surface area contributed by atoms with Gasteiger partial charge in [-0.05, 0) is 30.6 Å². The minimum absolute atomic E-state index is 0.0674. The topological polar surface area (TPSA) is 85.7 Å². The third-order valence-electron chi connectivity index (χ3n) is 5.52. The average Bonchev–Trinajstić information content (AvgIpc) is 2.89. The van der Waals surface area contributed by atoms with E-state index in [2.05, 4.69) is 43.9 Å². The van der Waals surface area contributed by atoms with Crippen molar-refractivity contribution in [3.05, 3.63) is 10.4 Å². The van der Waals surface area contributed by atoms with Crippen molar-refractivity contribution >= 4 is 8.32 Å². The molecule has 0 spiro atoms. The Morgan fingerprint density at radius 3 is 2.57 bits per heavy atom. The molecule has 8 heteroatoms. The summed E-state index contributed by atoms with van der Waals surface area (Å²) in [6.45, 7) is 13.7. The normalized spacial score (nSPS) is 35.2. The Bertz CT molecular complexity index is 490. The van der Waals surface area contributed by atoms with Crippen molar-refractivity contribution in [3.63, 3.8) is 0 Å². The average molecular weight is 344 g/mol. The van der Waals surface area contributed by atoms with Crippen LogP contribution in [0.5, 0.6) is 0 Å². The molecule has 0 amide bonds. The Morgan fingerprint density at radius 2 is 2.09 bits per heavy atom. The summed E-state index contributed by atoms with van der Waals surface area (Å²) >= 11 is 0. The van der Waals surface area contributed by atoms with Gasteiger partial charge in [0.25, 0.3) is 0 Å². The van der Waals surface area contributed by atoms with Crippen molar-refractivity contribution in [2.45, 2.75) is 75.8 Å². The molecule has 0 aromatic heterocycles. The van der Waals surface area contributed by atoms with Crippen LogP contribution in [-0.4, -0.2) is 58.6 Å². The van der Waals surface area contributed by atoms with Crippen molar-refractivity contribution in [3.8, 4) is 0 Å². The highest BCUT2D eigenvalue weighted by Crippen LogP contribution is 2.48. The molecule has 5 atom stereocenters. The molecule has 23 heavy (non-hydrogen) atoms. The summed E-state index contributed by atoms with van der Waals surface area (Å²) in [5.74, 6) is 0. The fraction of sp³-hybridized carbons (Fsp3) is 1.00. The number of fused-ring (bicyclic) bond motifs is 2. The smallest absolute Gasteiger partial charge is 0.192 e. The molecule has 2 fully saturated rings. The first-order valence-electron chi connectivity index (χ1n) is 8.10. The van der Waals surface area contributed by atoms with Crippen LogP contribution in [0.15, 0.2) is 5.11 Å². The molecule has 2 aliphatic rings. The van der Waals surface area contributed by atoms with E-state index in [4.69, 9.17) is 24.2 Å². The Hall–Kier alpha value is -0.633. The Morgan fingerprint density at radius 1 is 1.43 bits per heavy atom. The molecule has 0 N–H and O–H groups in total. The molecule has 2 saturated heterocycles. The second kappa shape index (κ2) is 6.35. The van der Waals surface area contributed by atoms with Crippen LogP contribution in [0.3, 0.4) is 0 Å². The van der Waals surface area contributed by atoms with E-state index in [9.17, 15) is 0 Å². The molecular formula is C15H29N3O4Si. The second-order valence-corrected chi connectivity index (χ2v) is 12.7. The lowest BCUT2D eigenvalue weighted by Gasteiger charge is -2.42. The van der Waals surface area contributed by atoms with Crippen molar-refractivity contribution in [2.75, 3.05) is 20.3 Å². The summed E-state index contributed by atoms with van der Waals surface area (Å²) in [5, 5.41) is 3.77. The lowest BCUT2D eigenvalue weighted by molar-refractivity contribution is -0.186. The van der Waals surface area contributed by atoms with Crippen LogP contribution >= 0.6 is 0 Å². The van der Waals surface area contributed by atoms with Crippen LogP contribution in [0.4, 0.5) is 0 Å². The zero-order valence-corrected chi connectivity index (χ0v) is 16.2. The summed E-state index contributed by atoms with van der Waals surface area (Å²) < 4.78 is 24.5. The SMILES string of the molecule is CO[C@@H](CN=[N+]=[N-])C12COC([C@H](C)O1)[C@@H]2O[Si](C)(C)C(C)(C)C. The van der Waals surface area contributed by atoms with E-state index in [1.807, 2.05) is 6.92 Å². The molecule has 0 radical (unpaired) electrons. The lowest BCUT2D eigenvalue weighted by atomic mass is 9.92. The number of azide groups is 1. The first-order valence-corrected chi connectivity index (χ1v) is 11.0. The minimum Gasteiger partial charge on any atom is -0.408 e. The zero-order valence-electron chi connectivity index (χ0n) is 15.2. The van der Waals surface area contributed by atoms with Gasteiger partial charge in [-0.1, -0.05) is 25.9 Å². The van der Waals surface area contributed by atoms with Gasteiger partial charge in [-0.25, -0.2) is 0 Å². The highest BCUT2D eigenvalue weighted by molar-refractivity contribution is 6.74. The van der Waals surface area contributed by atoms with Crippen molar-refractivity contribution < 1.29 is 18.6 Å². The molecule has 2 bridgehead atoms. The number of ether oxygens (including phenoxy) is 3. The molecule has 2 unspecified atom stereocenters. The summed E-state index contributed by atoms with van der Waals surface area (Å²) in [5.41, 5.74) is 7.93. The first kappa shape index (κ1) is 18.7. The number of rotatable bonds is 6. The molecule has 132 valence electrons. The van der Waals surface area contributed by atoms with E-state index < -0.39 is 13.9 Å². The van der Waals surface area contributed by atoms with Gasteiger partial charge in [0.05, 0.1) is 25.4 Å². The maximum Gasteiger partial charge on any atom is 0.192 e. The Kier molecular flexibility index (Phi) is 5.16. The van der Waals surface area contributed by atoms with Crippen LogP contribution in [0, 0.1) is 0 Å². The van der Waals surface area contributed by atoms with Gasteiger partial charge in [0.2, 0.25) is 0 Å². The van der Waals surface area contributed by atoms with Gasteiger partial charge in [-0.2, -0.15) is 0 Å². The van der Waals surface area contributed by atoms with E-state index in [0.717, 1.165) is 0 Å². The molecule has 0 aromatic carbocycles. The van der Waals surface area contributed by atoms with Gasteiger partial charge in [0.15, 0.2) is 8.32 Å². The Balaban J connectivity index is 2.31. The van der Waals surface area contributed by atoms with Crippen molar-refractivity contribution in [1.29, 1.82) is 0 Å². The van der Waals surface area contributed by atoms with Crippen LogP contribution in [-0.2, 0) is 18.6 Å². The highest BCUT2D eigenvalue weighted by atomic mass is 28.4. The lowest BCUT2D eigenvalue weighted by Crippen LogP contribution is -2.57. The third-order valence-corrected chi connectivity index (χ3v) is 9.97. The van der Waals surface area contributed by atoms with Crippen LogP contribution < -0.4 is 0 Å². The standard InChI is InChI=1S/C15H29N3O4Si/c1-10-12-13(22-23(6,7)14(2,3)4)15(21-10,9-20-12)11(19-5)8-17-18-16/h10-13H,8-9H2,1-7H3/t10-,11-,12?,13-,15?/m0/s1. The van der Waals surface area contributed by atoms with Crippen molar-refractivity contribution in [2.24, 2.45) is 5.11 Å². The maximum atomic E-state index is 8.64. The second-order valence-electron chi connectivity index (χ2n) is 7.99. The van der Waals surface area contributed by atoms with E-state index in [1.165, 1.54) is 0 Å². The number of hydrogen-bond donors (Lipinski definition) is 0. The number of nitrogens with zero attached hydrogens (tertiary/aromatic N) is 3. The maximum absolute atomic E-state index is 8.64. The summed E-state index contributed by atoms with van der Waals surface area (Å²) in [6.07, 6.45) is -0.754. The van der Waals surface area contributed by atoms with Crippen LogP contribution in [0.2, 0.25) is 18.1 Å². The number of hydrogen-bond acceptors (Lipinski definition) is 5. The zero-order chi connectivity index (χ0) is 17.5. The fourth-order valence-corrected chi connectivity index (χ4v) is 4.44. The van der Waals surface area contributed by atoms with Gasteiger partial charge >= 0.3 is 0 Å². The van der Waals surface area contributed by atoms with E-state index in [1.54, 1.807) is 7.11 Å². The molecule has 7 nitrogen and oxygen atoms in total. The quantitative estimate of drug-likeness (QED) is 0.320. The third kappa shape index (κ3) is 3.16. The largest absolute Gasteiger partial charge is 0.408 e. The van der Waals surface area contributed by atoms with Gasteiger partial charge in [0, 0.05) is 12.0 Å². The van der Waals surface area contributed by atoms with E-state index in [0.29, 0.717) is 6.61 Å². The van der Waals surface area contributed by atoms with Gasteiger partial charge in [0.1, 0.15) is 17.8 Å². The monoisotopic (exact) mass is 343 g/mol.